The second-order valence-corrected chi connectivity index (χ2v) is 6.57. The maximum atomic E-state index is 12.1. The second-order valence-electron chi connectivity index (χ2n) is 6.13. The molecule has 0 unspecified atom stereocenters. The van der Waals surface area contributed by atoms with Gasteiger partial charge in [-0.05, 0) is 30.7 Å². The third kappa shape index (κ3) is 4.74. The molecule has 1 aromatic heterocycles. The highest BCUT2D eigenvalue weighted by Crippen LogP contribution is 2.27. The van der Waals surface area contributed by atoms with Crippen LogP contribution >= 0.6 is 11.6 Å². The Balaban J connectivity index is 1.52. The minimum atomic E-state index is 0.143. The monoisotopic (exact) mass is 363 g/mol. The van der Waals surface area contributed by atoms with Gasteiger partial charge in [-0.15, -0.1) is 0 Å². The molecule has 0 bridgehead atoms. The number of nitrogens with zero attached hydrogens (tertiary/aromatic N) is 2. The molecule has 0 saturated carbocycles. The fourth-order valence-corrected chi connectivity index (χ4v) is 3.14. The number of aromatic amines is 1. The smallest absolute Gasteiger partial charge is 0.224 e. The quantitative estimate of drug-likeness (QED) is 0.821. The van der Waals surface area contributed by atoms with Crippen molar-refractivity contribution >= 4 is 17.5 Å². The Labute approximate surface area is 152 Å². The zero-order valence-electron chi connectivity index (χ0n) is 14.2. The molecule has 3 rings (SSSR count). The van der Waals surface area contributed by atoms with Crippen molar-refractivity contribution in [1.82, 2.24) is 15.1 Å². The Bertz CT molecular complexity index is 719. The van der Waals surface area contributed by atoms with Gasteiger partial charge in [0.25, 0.3) is 0 Å². The van der Waals surface area contributed by atoms with Crippen LogP contribution in [0.5, 0.6) is 5.75 Å². The normalized spacial score (nSPS) is 17.0. The van der Waals surface area contributed by atoms with Gasteiger partial charge in [0.1, 0.15) is 12.4 Å². The number of hydrogen-bond donors (Lipinski definition) is 1. The average molecular weight is 364 g/mol. The molecule has 1 aliphatic rings. The van der Waals surface area contributed by atoms with E-state index in [-0.39, 0.29) is 11.8 Å². The standard InChI is InChI=1S/C18H22ClN3O3/c1-24-8-6-18(23)22-7-5-13(11-22)17-10-15(20-21-17)12-25-16-4-2-3-14(19)9-16/h2-4,9-10,13H,5-8,11-12H2,1H3,(H,20,21)/t13-/m0/s1. The molecule has 6 nitrogen and oxygen atoms in total. The van der Waals surface area contributed by atoms with Gasteiger partial charge >= 0.3 is 0 Å². The van der Waals surface area contributed by atoms with Gasteiger partial charge in [0.2, 0.25) is 5.91 Å². The summed E-state index contributed by atoms with van der Waals surface area (Å²) in [5.41, 5.74) is 1.88. The molecule has 0 aliphatic carbocycles. The van der Waals surface area contributed by atoms with Crippen molar-refractivity contribution in [2.45, 2.75) is 25.4 Å². The molecular weight excluding hydrogens is 342 g/mol. The zero-order chi connectivity index (χ0) is 17.6. The third-order valence-electron chi connectivity index (χ3n) is 4.32. The zero-order valence-corrected chi connectivity index (χ0v) is 15.0. The topological polar surface area (TPSA) is 67.4 Å². The predicted molar refractivity (Wildman–Crippen MR) is 94.8 cm³/mol. The van der Waals surface area contributed by atoms with Crippen LogP contribution in [0.15, 0.2) is 30.3 Å². The molecule has 1 amide bonds. The summed E-state index contributed by atoms with van der Waals surface area (Å²) in [4.78, 5) is 13.9. The highest BCUT2D eigenvalue weighted by molar-refractivity contribution is 6.30. The Morgan fingerprint density at radius 1 is 1.44 bits per heavy atom. The molecule has 7 heteroatoms. The summed E-state index contributed by atoms with van der Waals surface area (Å²) in [5.74, 6) is 1.13. The van der Waals surface area contributed by atoms with Crippen LogP contribution < -0.4 is 4.74 Å². The number of carbonyl (C=O) groups is 1. The molecule has 25 heavy (non-hydrogen) atoms. The first-order chi connectivity index (χ1) is 12.2. The van der Waals surface area contributed by atoms with E-state index in [0.717, 1.165) is 30.1 Å². The molecule has 1 saturated heterocycles. The van der Waals surface area contributed by atoms with Crippen molar-refractivity contribution in [3.8, 4) is 5.75 Å². The lowest BCUT2D eigenvalue weighted by atomic mass is 10.1. The number of ether oxygens (including phenoxy) is 2. The van der Waals surface area contributed by atoms with Crippen molar-refractivity contribution in [3.63, 3.8) is 0 Å². The van der Waals surface area contributed by atoms with E-state index in [1.807, 2.05) is 29.2 Å². The molecular formula is C18H22ClN3O3. The fourth-order valence-electron chi connectivity index (χ4n) is 2.96. The summed E-state index contributed by atoms with van der Waals surface area (Å²) < 4.78 is 10.7. The van der Waals surface area contributed by atoms with Crippen molar-refractivity contribution in [2.75, 3.05) is 26.8 Å². The third-order valence-corrected chi connectivity index (χ3v) is 4.56. The van der Waals surface area contributed by atoms with E-state index in [1.165, 1.54) is 0 Å². The first-order valence-corrected chi connectivity index (χ1v) is 8.73. The minimum Gasteiger partial charge on any atom is -0.487 e. The number of nitrogens with one attached hydrogen (secondary N) is 1. The average Bonchev–Trinajstić information content (AvgIpc) is 3.27. The number of benzene rings is 1. The van der Waals surface area contributed by atoms with Crippen LogP contribution in [0.2, 0.25) is 5.02 Å². The number of H-pyrrole nitrogens is 1. The van der Waals surface area contributed by atoms with Gasteiger partial charge in [0, 0.05) is 31.1 Å². The summed E-state index contributed by atoms with van der Waals surface area (Å²) >= 11 is 5.95. The van der Waals surface area contributed by atoms with Gasteiger partial charge in [-0.2, -0.15) is 5.10 Å². The van der Waals surface area contributed by atoms with E-state index in [1.54, 1.807) is 13.2 Å². The molecule has 1 N–H and O–H groups in total. The molecule has 1 aliphatic heterocycles. The number of likely N-dealkylation sites (tertiary alicyclic amines) is 1. The van der Waals surface area contributed by atoms with E-state index in [4.69, 9.17) is 21.1 Å². The van der Waals surface area contributed by atoms with Crippen LogP contribution in [-0.4, -0.2) is 47.8 Å². The highest BCUT2D eigenvalue weighted by atomic mass is 35.5. The summed E-state index contributed by atoms with van der Waals surface area (Å²) in [6, 6.07) is 9.31. The summed E-state index contributed by atoms with van der Waals surface area (Å²) in [6.45, 7) is 2.35. The first-order valence-electron chi connectivity index (χ1n) is 8.35. The van der Waals surface area contributed by atoms with Crippen molar-refractivity contribution in [2.24, 2.45) is 0 Å². The highest BCUT2D eigenvalue weighted by Gasteiger charge is 2.28. The summed E-state index contributed by atoms with van der Waals surface area (Å²) in [6.07, 6.45) is 1.36. The van der Waals surface area contributed by atoms with Crippen LogP contribution in [0.1, 0.15) is 30.1 Å². The number of halogens is 1. The first kappa shape index (κ1) is 17.8. The Morgan fingerprint density at radius 3 is 3.12 bits per heavy atom. The van der Waals surface area contributed by atoms with Gasteiger partial charge in [-0.25, -0.2) is 0 Å². The number of carbonyl (C=O) groups excluding carboxylic acids is 1. The van der Waals surface area contributed by atoms with Crippen LogP contribution in [-0.2, 0) is 16.1 Å². The molecule has 0 radical (unpaired) electrons. The second kappa shape index (κ2) is 8.36. The Kier molecular flexibility index (Phi) is 5.94. The van der Waals surface area contributed by atoms with Gasteiger partial charge in [0.05, 0.1) is 24.4 Å². The maximum absolute atomic E-state index is 12.1. The lowest BCUT2D eigenvalue weighted by Gasteiger charge is -2.15. The van der Waals surface area contributed by atoms with Crippen LogP contribution in [0.4, 0.5) is 0 Å². The Morgan fingerprint density at radius 2 is 2.32 bits per heavy atom. The SMILES string of the molecule is COCCC(=O)N1CC[C@H](c2cc(COc3cccc(Cl)c3)[nH]n2)C1. The molecule has 2 aromatic rings. The van der Waals surface area contributed by atoms with E-state index in [0.29, 0.717) is 31.2 Å². The van der Waals surface area contributed by atoms with Crippen LogP contribution in [0.3, 0.4) is 0 Å². The number of aromatic nitrogens is 2. The van der Waals surface area contributed by atoms with Gasteiger partial charge in [0.15, 0.2) is 0 Å². The number of rotatable bonds is 7. The van der Waals surface area contributed by atoms with E-state index in [2.05, 4.69) is 10.2 Å². The molecule has 2 heterocycles. The molecule has 134 valence electrons. The number of hydrogen-bond acceptors (Lipinski definition) is 4. The molecule has 1 aromatic carbocycles. The summed E-state index contributed by atoms with van der Waals surface area (Å²) in [5, 5.41) is 8.05. The van der Waals surface area contributed by atoms with Gasteiger partial charge in [-0.1, -0.05) is 17.7 Å². The lowest BCUT2D eigenvalue weighted by molar-refractivity contribution is -0.131. The number of methoxy groups -OCH3 is 1. The van der Waals surface area contributed by atoms with Gasteiger partial charge < -0.3 is 14.4 Å². The van der Waals surface area contributed by atoms with Crippen molar-refractivity contribution in [3.05, 3.63) is 46.7 Å². The Hall–Kier alpha value is -2.05. The maximum Gasteiger partial charge on any atom is 0.224 e. The van der Waals surface area contributed by atoms with E-state index in [9.17, 15) is 4.79 Å². The van der Waals surface area contributed by atoms with Crippen molar-refractivity contribution < 1.29 is 14.3 Å². The number of amides is 1. The summed E-state index contributed by atoms with van der Waals surface area (Å²) in [7, 11) is 1.61. The minimum absolute atomic E-state index is 0.143. The lowest BCUT2D eigenvalue weighted by Crippen LogP contribution is -2.29. The molecule has 0 spiro atoms. The molecule has 1 atom stereocenters. The molecule has 1 fully saturated rings. The van der Waals surface area contributed by atoms with Crippen molar-refractivity contribution in [1.29, 1.82) is 0 Å². The van der Waals surface area contributed by atoms with Gasteiger partial charge in [-0.3, -0.25) is 9.89 Å². The predicted octanol–water partition coefficient (Wildman–Crippen LogP) is 2.99. The largest absolute Gasteiger partial charge is 0.487 e. The van der Waals surface area contributed by atoms with E-state index >= 15 is 0 Å². The van der Waals surface area contributed by atoms with E-state index < -0.39 is 0 Å². The van der Waals surface area contributed by atoms with Crippen LogP contribution in [0.25, 0.3) is 0 Å². The van der Waals surface area contributed by atoms with Crippen LogP contribution in [0, 0.1) is 0 Å². The fraction of sp³-hybridized carbons (Fsp3) is 0.444.